The van der Waals surface area contributed by atoms with Gasteiger partial charge in [-0.3, -0.25) is 5.41 Å². The molecule has 5 unspecified atom stereocenters. The molecule has 2 bridgehead atoms. The average molecular weight is 415 g/mol. The summed E-state index contributed by atoms with van der Waals surface area (Å²) in [4.78, 5) is 0. The summed E-state index contributed by atoms with van der Waals surface area (Å²) >= 11 is 12.6. The number of nitrogens with zero attached hydrogens (tertiary/aromatic N) is 3. The van der Waals surface area contributed by atoms with Crippen LogP contribution < -0.4 is 0 Å². The number of rotatable bonds is 1. The molecule has 5 atom stereocenters. The van der Waals surface area contributed by atoms with Crippen molar-refractivity contribution in [1.29, 1.82) is 21.2 Å². The van der Waals surface area contributed by atoms with Crippen LogP contribution >= 0.6 is 23.2 Å². The summed E-state index contributed by atoms with van der Waals surface area (Å²) < 4.78 is 12.2. The molecule has 0 aromatic heterocycles. The summed E-state index contributed by atoms with van der Waals surface area (Å²) in [6, 6.07) is 11.1. The highest BCUT2D eigenvalue weighted by Crippen LogP contribution is 2.70. The monoisotopic (exact) mass is 414 g/mol. The number of ether oxygens (including phenoxy) is 2. The molecule has 2 aliphatic heterocycles. The number of hydrogen-bond acceptors (Lipinski definition) is 6. The Bertz CT molecular complexity index is 993. The third-order valence-corrected chi connectivity index (χ3v) is 7.27. The molecule has 0 spiro atoms. The Morgan fingerprint density at radius 2 is 1.89 bits per heavy atom. The van der Waals surface area contributed by atoms with Gasteiger partial charge < -0.3 is 9.47 Å². The fourth-order valence-electron chi connectivity index (χ4n) is 5.03. The highest BCUT2D eigenvalue weighted by atomic mass is 35.5. The van der Waals surface area contributed by atoms with E-state index in [1.165, 1.54) is 0 Å². The fourth-order valence-corrected chi connectivity index (χ4v) is 5.44. The molecule has 1 aliphatic carbocycles. The number of nitriles is 3. The van der Waals surface area contributed by atoms with Crippen LogP contribution in [0.1, 0.15) is 37.9 Å². The Balaban J connectivity index is 2.03. The van der Waals surface area contributed by atoms with Crippen LogP contribution in [0.4, 0.5) is 0 Å². The van der Waals surface area contributed by atoms with Crippen LogP contribution in [0.5, 0.6) is 0 Å². The number of nitrogens with one attached hydrogen (secondary N) is 1. The van der Waals surface area contributed by atoms with Crippen molar-refractivity contribution in [3.63, 3.8) is 0 Å². The standard InChI is InChI=1S/C20H16Cl2N4O2/c1-11-5-6-20-14(7-11)19(10-25,17(26)28-20)18(8-23,9-24)16(27-20)12-3-2-4-13(21)15(12)22/h2-4,11,14,16,26H,5-7H2,1H3. The predicted octanol–water partition coefficient (Wildman–Crippen LogP) is 4.75. The highest BCUT2D eigenvalue weighted by Gasteiger charge is 2.80. The lowest BCUT2D eigenvalue weighted by atomic mass is 9.50. The van der Waals surface area contributed by atoms with E-state index in [9.17, 15) is 15.8 Å². The topological polar surface area (TPSA) is 114 Å². The lowest BCUT2D eigenvalue weighted by molar-refractivity contribution is -0.298. The van der Waals surface area contributed by atoms with Gasteiger partial charge in [0.2, 0.25) is 17.1 Å². The molecule has 1 aromatic carbocycles. The first-order valence-electron chi connectivity index (χ1n) is 8.95. The van der Waals surface area contributed by atoms with Crippen LogP contribution in [0.15, 0.2) is 18.2 Å². The molecule has 8 heteroatoms. The molecule has 6 nitrogen and oxygen atoms in total. The molecule has 0 amide bonds. The van der Waals surface area contributed by atoms with Crippen molar-refractivity contribution in [2.75, 3.05) is 0 Å². The summed E-state index contributed by atoms with van der Waals surface area (Å²) in [6.45, 7) is 2.04. The maximum absolute atomic E-state index is 10.3. The van der Waals surface area contributed by atoms with Crippen LogP contribution in [-0.4, -0.2) is 11.7 Å². The lowest BCUT2D eigenvalue weighted by Gasteiger charge is -2.52. The lowest BCUT2D eigenvalue weighted by Crippen LogP contribution is -2.61. The van der Waals surface area contributed by atoms with Gasteiger partial charge in [-0.15, -0.1) is 0 Å². The Morgan fingerprint density at radius 3 is 2.54 bits per heavy atom. The van der Waals surface area contributed by atoms with Crippen molar-refractivity contribution in [3.8, 4) is 18.2 Å². The van der Waals surface area contributed by atoms with Gasteiger partial charge in [-0.1, -0.05) is 42.3 Å². The zero-order valence-corrected chi connectivity index (χ0v) is 16.5. The van der Waals surface area contributed by atoms with E-state index in [4.69, 9.17) is 38.1 Å². The van der Waals surface area contributed by atoms with Gasteiger partial charge in [0.25, 0.3) is 0 Å². The van der Waals surface area contributed by atoms with E-state index in [0.717, 1.165) is 6.42 Å². The van der Waals surface area contributed by atoms with Gasteiger partial charge in [0.05, 0.1) is 34.2 Å². The third kappa shape index (κ3) is 2.02. The summed E-state index contributed by atoms with van der Waals surface area (Å²) in [6.07, 6.45) is 0.595. The van der Waals surface area contributed by atoms with Gasteiger partial charge in [-0.05, 0) is 24.8 Å². The summed E-state index contributed by atoms with van der Waals surface area (Å²) in [7, 11) is 0. The molecule has 3 aliphatic rings. The van der Waals surface area contributed by atoms with Crippen LogP contribution in [0, 0.1) is 62.1 Å². The molecular weight excluding hydrogens is 399 g/mol. The molecule has 1 saturated carbocycles. The van der Waals surface area contributed by atoms with Gasteiger partial charge in [0.1, 0.15) is 6.10 Å². The van der Waals surface area contributed by atoms with Crippen LogP contribution in [-0.2, 0) is 9.47 Å². The van der Waals surface area contributed by atoms with Gasteiger partial charge in [-0.2, -0.15) is 15.8 Å². The van der Waals surface area contributed by atoms with E-state index in [1.54, 1.807) is 18.2 Å². The van der Waals surface area contributed by atoms with Crippen LogP contribution in [0.25, 0.3) is 0 Å². The van der Waals surface area contributed by atoms with Crippen molar-refractivity contribution in [2.24, 2.45) is 22.7 Å². The van der Waals surface area contributed by atoms with Crippen molar-refractivity contribution in [1.82, 2.24) is 0 Å². The van der Waals surface area contributed by atoms with E-state index >= 15 is 0 Å². The molecular formula is C20H16Cl2N4O2. The van der Waals surface area contributed by atoms with Gasteiger partial charge in [0, 0.05) is 12.0 Å². The van der Waals surface area contributed by atoms with E-state index in [-0.39, 0.29) is 21.9 Å². The fraction of sp³-hybridized carbons (Fsp3) is 0.500. The smallest absolute Gasteiger partial charge is 0.217 e. The largest absolute Gasteiger partial charge is 0.447 e. The van der Waals surface area contributed by atoms with Crippen molar-refractivity contribution < 1.29 is 9.47 Å². The van der Waals surface area contributed by atoms with Crippen molar-refractivity contribution in [2.45, 2.75) is 38.1 Å². The average Bonchev–Trinajstić information content (AvgIpc) is 2.88. The Labute approximate surface area is 172 Å². The Kier molecular flexibility index (Phi) is 4.15. The maximum atomic E-state index is 10.3. The number of benzene rings is 1. The first kappa shape index (κ1) is 19.0. The Hall–Kier alpha value is -2.30. The zero-order chi connectivity index (χ0) is 20.3. The zero-order valence-electron chi connectivity index (χ0n) is 15.0. The predicted molar refractivity (Wildman–Crippen MR) is 100 cm³/mol. The van der Waals surface area contributed by atoms with Gasteiger partial charge in [-0.25, -0.2) is 0 Å². The minimum absolute atomic E-state index is 0.155. The highest BCUT2D eigenvalue weighted by molar-refractivity contribution is 6.42. The van der Waals surface area contributed by atoms with Crippen molar-refractivity contribution >= 4 is 29.1 Å². The maximum Gasteiger partial charge on any atom is 0.217 e. The minimum atomic E-state index is -2.01. The molecule has 4 rings (SSSR count). The van der Waals surface area contributed by atoms with Crippen LogP contribution in [0.2, 0.25) is 10.0 Å². The van der Waals surface area contributed by atoms with E-state index in [0.29, 0.717) is 18.4 Å². The molecule has 2 saturated heterocycles. The molecule has 0 radical (unpaired) electrons. The quantitative estimate of drug-likeness (QED) is 0.711. The molecule has 3 fully saturated rings. The molecule has 1 N–H and O–H groups in total. The first-order valence-corrected chi connectivity index (χ1v) is 9.71. The second-order valence-corrected chi connectivity index (χ2v) is 8.55. The molecule has 28 heavy (non-hydrogen) atoms. The SMILES string of the molecule is CC1CCC23OC(=N)C(C#N)(C2C1)C(C#N)(C#N)C(c1cccc(Cl)c1Cl)O3. The van der Waals surface area contributed by atoms with E-state index in [2.05, 4.69) is 6.07 Å². The Morgan fingerprint density at radius 1 is 1.18 bits per heavy atom. The van der Waals surface area contributed by atoms with Gasteiger partial charge in [0.15, 0.2) is 5.41 Å². The van der Waals surface area contributed by atoms with E-state index < -0.39 is 28.6 Å². The summed E-state index contributed by atoms with van der Waals surface area (Å²) in [5.74, 6) is -1.94. The molecule has 142 valence electrons. The first-order chi connectivity index (χ1) is 13.3. The molecule has 1 aromatic rings. The number of halogens is 2. The van der Waals surface area contributed by atoms with Gasteiger partial charge >= 0.3 is 0 Å². The number of hydrogen-bond donors (Lipinski definition) is 1. The van der Waals surface area contributed by atoms with Crippen molar-refractivity contribution in [3.05, 3.63) is 33.8 Å². The van der Waals surface area contributed by atoms with E-state index in [1.807, 2.05) is 19.1 Å². The summed E-state index contributed by atoms with van der Waals surface area (Å²) in [5.41, 5.74) is -3.42. The second kappa shape index (κ2) is 6.10. The third-order valence-electron chi connectivity index (χ3n) is 6.44. The normalized spacial score (nSPS) is 37.7. The van der Waals surface area contributed by atoms with Crippen LogP contribution in [0.3, 0.4) is 0 Å². The second-order valence-electron chi connectivity index (χ2n) is 7.77. The summed E-state index contributed by atoms with van der Waals surface area (Å²) in [5, 5.41) is 39.5. The minimum Gasteiger partial charge on any atom is -0.447 e. The molecule has 2 heterocycles.